The number of rotatable bonds is 4. The number of nitrogens with zero attached hydrogens (tertiary/aromatic N) is 1. The summed E-state index contributed by atoms with van der Waals surface area (Å²) in [6.07, 6.45) is 1.69. The van der Waals surface area contributed by atoms with Gasteiger partial charge in [0, 0.05) is 32.2 Å². The van der Waals surface area contributed by atoms with E-state index in [4.69, 9.17) is 0 Å². The third-order valence-electron chi connectivity index (χ3n) is 3.45. The highest BCUT2D eigenvalue weighted by atomic mass is 16.3. The summed E-state index contributed by atoms with van der Waals surface area (Å²) in [5, 5.41) is 13.6. The van der Waals surface area contributed by atoms with Gasteiger partial charge in [0.1, 0.15) is 0 Å². The Hall–Kier alpha value is -0.120. The first-order valence-corrected chi connectivity index (χ1v) is 5.78. The van der Waals surface area contributed by atoms with Gasteiger partial charge in [-0.15, -0.1) is 0 Å². The molecule has 1 fully saturated rings. The van der Waals surface area contributed by atoms with Crippen LogP contribution in [0.25, 0.3) is 0 Å². The maximum atomic E-state index is 10.2. The van der Waals surface area contributed by atoms with Crippen molar-refractivity contribution in [1.82, 2.24) is 10.2 Å². The normalized spacial score (nSPS) is 25.3. The standard InChI is InChI=1S/C11H24N2O/c1-4-11(14,5-2)9-13-7-6-12-8-10(13)3/h10,12,14H,4-9H2,1-3H3. The molecule has 3 heteroatoms. The Kier molecular flexibility index (Phi) is 4.35. The quantitative estimate of drug-likeness (QED) is 0.705. The summed E-state index contributed by atoms with van der Waals surface area (Å²) in [5.41, 5.74) is -0.481. The van der Waals surface area contributed by atoms with Gasteiger partial charge >= 0.3 is 0 Å². The van der Waals surface area contributed by atoms with Gasteiger partial charge in [-0.2, -0.15) is 0 Å². The lowest BCUT2D eigenvalue weighted by molar-refractivity contribution is -0.0175. The van der Waals surface area contributed by atoms with Crippen LogP contribution in [0.2, 0.25) is 0 Å². The van der Waals surface area contributed by atoms with Gasteiger partial charge in [0.15, 0.2) is 0 Å². The van der Waals surface area contributed by atoms with Crippen LogP contribution in [0.5, 0.6) is 0 Å². The number of aliphatic hydroxyl groups is 1. The maximum absolute atomic E-state index is 10.2. The third kappa shape index (κ3) is 2.94. The molecule has 0 saturated carbocycles. The van der Waals surface area contributed by atoms with Crippen molar-refractivity contribution in [3.05, 3.63) is 0 Å². The molecule has 3 nitrogen and oxygen atoms in total. The number of hydrogen-bond donors (Lipinski definition) is 2. The Morgan fingerprint density at radius 1 is 1.43 bits per heavy atom. The van der Waals surface area contributed by atoms with Crippen LogP contribution in [0.4, 0.5) is 0 Å². The van der Waals surface area contributed by atoms with Gasteiger partial charge in [-0.25, -0.2) is 0 Å². The van der Waals surface area contributed by atoms with E-state index in [0.717, 1.165) is 39.0 Å². The van der Waals surface area contributed by atoms with E-state index < -0.39 is 5.60 Å². The highest BCUT2D eigenvalue weighted by Crippen LogP contribution is 2.18. The number of nitrogens with one attached hydrogen (secondary N) is 1. The second kappa shape index (κ2) is 5.10. The van der Waals surface area contributed by atoms with Gasteiger partial charge in [-0.1, -0.05) is 13.8 Å². The molecule has 84 valence electrons. The predicted octanol–water partition coefficient (Wildman–Crippen LogP) is 0.831. The molecule has 1 aliphatic rings. The van der Waals surface area contributed by atoms with E-state index in [2.05, 4.69) is 31.0 Å². The molecule has 2 N–H and O–H groups in total. The highest BCUT2D eigenvalue weighted by molar-refractivity contribution is 4.85. The summed E-state index contributed by atoms with van der Waals surface area (Å²) in [4.78, 5) is 2.39. The minimum absolute atomic E-state index is 0.481. The molecule has 1 heterocycles. The first kappa shape index (κ1) is 12.0. The summed E-state index contributed by atoms with van der Waals surface area (Å²) in [7, 11) is 0. The molecule has 0 aromatic carbocycles. The molecule has 1 atom stereocenters. The van der Waals surface area contributed by atoms with E-state index in [1.54, 1.807) is 0 Å². The highest BCUT2D eigenvalue weighted by Gasteiger charge is 2.28. The zero-order valence-corrected chi connectivity index (χ0v) is 9.71. The molecule has 1 saturated heterocycles. The first-order chi connectivity index (χ1) is 6.61. The van der Waals surface area contributed by atoms with Gasteiger partial charge in [0.05, 0.1) is 5.60 Å². The molecule has 1 unspecified atom stereocenters. The fraction of sp³-hybridized carbons (Fsp3) is 1.00. The molecule has 0 radical (unpaired) electrons. The fourth-order valence-electron chi connectivity index (χ4n) is 1.97. The van der Waals surface area contributed by atoms with Crippen LogP contribution >= 0.6 is 0 Å². The topological polar surface area (TPSA) is 35.5 Å². The van der Waals surface area contributed by atoms with Crippen molar-refractivity contribution in [3.63, 3.8) is 0 Å². The van der Waals surface area contributed by atoms with Crippen LogP contribution in [-0.4, -0.2) is 47.8 Å². The Morgan fingerprint density at radius 3 is 2.57 bits per heavy atom. The molecule has 0 amide bonds. The first-order valence-electron chi connectivity index (χ1n) is 5.78. The molecular weight excluding hydrogens is 176 g/mol. The molecule has 0 bridgehead atoms. The molecule has 1 aliphatic heterocycles. The van der Waals surface area contributed by atoms with Crippen LogP contribution < -0.4 is 5.32 Å². The van der Waals surface area contributed by atoms with Gasteiger partial charge in [0.2, 0.25) is 0 Å². The molecule has 1 rings (SSSR count). The molecule has 0 spiro atoms. The molecule has 14 heavy (non-hydrogen) atoms. The summed E-state index contributed by atoms with van der Waals surface area (Å²) >= 11 is 0. The van der Waals surface area contributed by atoms with Crippen molar-refractivity contribution in [2.24, 2.45) is 0 Å². The monoisotopic (exact) mass is 200 g/mol. The molecule has 0 aromatic heterocycles. The van der Waals surface area contributed by atoms with Crippen molar-refractivity contribution >= 4 is 0 Å². The van der Waals surface area contributed by atoms with E-state index in [0.29, 0.717) is 6.04 Å². The van der Waals surface area contributed by atoms with Crippen molar-refractivity contribution in [1.29, 1.82) is 0 Å². The zero-order chi connectivity index (χ0) is 10.6. The largest absolute Gasteiger partial charge is 0.389 e. The number of piperazine rings is 1. The average Bonchev–Trinajstić information content (AvgIpc) is 2.21. The predicted molar refractivity (Wildman–Crippen MR) is 59.4 cm³/mol. The minimum atomic E-state index is -0.481. The summed E-state index contributed by atoms with van der Waals surface area (Å²) in [5.74, 6) is 0. The zero-order valence-electron chi connectivity index (χ0n) is 9.71. The van der Waals surface area contributed by atoms with Crippen molar-refractivity contribution in [2.45, 2.75) is 45.3 Å². The lowest BCUT2D eigenvalue weighted by Gasteiger charge is -2.39. The average molecular weight is 200 g/mol. The second-order valence-corrected chi connectivity index (χ2v) is 4.46. The summed E-state index contributed by atoms with van der Waals surface area (Å²) in [6, 6.07) is 0.549. The van der Waals surface area contributed by atoms with Gasteiger partial charge < -0.3 is 10.4 Å². The van der Waals surface area contributed by atoms with E-state index >= 15 is 0 Å². The Bertz CT molecular complexity index is 169. The number of β-amino-alcohol motifs (C(OH)–C–C–N with tert-alkyl or cyclic N) is 1. The van der Waals surface area contributed by atoms with E-state index in [9.17, 15) is 5.11 Å². The Morgan fingerprint density at radius 2 is 2.07 bits per heavy atom. The van der Waals surface area contributed by atoms with E-state index in [-0.39, 0.29) is 0 Å². The Balaban J connectivity index is 2.48. The van der Waals surface area contributed by atoms with E-state index in [1.165, 1.54) is 0 Å². The van der Waals surface area contributed by atoms with Crippen LogP contribution in [0, 0.1) is 0 Å². The van der Waals surface area contributed by atoms with E-state index in [1.807, 2.05) is 0 Å². The molecule has 0 aromatic rings. The minimum Gasteiger partial charge on any atom is -0.389 e. The molecular formula is C11H24N2O. The third-order valence-corrected chi connectivity index (χ3v) is 3.45. The van der Waals surface area contributed by atoms with Crippen LogP contribution in [0.3, 0.4) is 0 Å². The smallest absolute Gasteiger partial charge is 0.0769 e. The van der Waals surface area contributed by atoms with Crippen molar-refractivity contribution in [2.75, 3.05) is 26.2 Å². The van der Waals surface area contributed by atoms with Gasteiger partial charge in [-0.05, 0) is 19.8 Å². The second-order valence-electron chi connectivity index (χ2n) is 4.46. The van der Waals surface area contributed by atoms with Gasteiger partial charge in [0.25, 0.3) is 0 Å². The van der Waals surface area contributed by atoms with Crippen LogP contribution in [-0.2, 0) is 0 Å². The fourth-order valence-corrected chi connectivity index (χ4v) is 1.97. The van der Waals surface area contributed by atoms with Gasteiger partial charge in [-0.3, -0.25) is 4.90 Å². The number of hydrogen-bond acceptors (Lipinski definition) is 3. The van der Waals surface area contributed by atoms with Crippen molar-refractivity contribution < 1.29 is 5.11 Å². The summed E-state index contributed by atoms with van der Waals surface area (Å²) in [6.45, 7) is 10.3. The van der Waals surface area contributed by atoms with Crippen molar-refractivity contribution in [3.8, 4) is 0 Å². The Labute approximate surface area is 87.5 Å². The SMILES string of the molecule is CCC(O)(CC)CN1CCNCC1C. The lowest BCUT2D eigenvalue weighted by Crippen LogP contribution is -2.54. The molecule has 0 aliphatic carbocycles. The van der Waals surface area contributed by atoms with Crippen LogP contribution in [0.1, 0.15) is 33.6 Å². The van der Waals surface area contributed by atoms with Crippen LogP contribution in [0.15, 0.2) is 0 Å². The summed E-state index contributed by atoms with van der Waals surface area (Å²) < 4.78 is 0. The maximum Gasteiger partial charge on any atom is 0.0769 e. The lowest BCUT2D eigenvalue weighted by atomic mass is 9.96.